The summed E-state index contributed by atoms with van der Waals surface area (Å²) in [7, 11) is 0. The molecule has 0 radical (unpaired) electrons. The monoisotopic (exact) mass is 335 g/mol. The van der Waals surface area contributed by atoms with Crippen LogP contribution in [0.2, 0.25) is 0 Å². The van der Waals surface area contributed by atoms with Crippen molar-refractivity contribution in [2.24, 2.45) is 5.92 Å². The van der Waals surface area contributed by atoms with Gasteiger partial charge in [-0.15, -0.1) is 11.6 Å². The summed E-state index contributed by atoms with van der Waals surface area (Å²) in [5.74, 6) is 1.05. The zero-order valence-corrected chi connectivity index (χ0v) is 11.0. The number of nitrogens with zero attached hydrogens (tertiary/aromatic N) is 1. The fourth-order valence-electron chi connectivity index (χ4n) is 1.78. The average Bonchev–Trinajstić information content (AvgIpc) is 2.60. The number of hydrogen-bond acceptors (Lipinski definition) is 1. The summed E-state index contributed by atoms with van der Waals surface area (Å²) < 4.78 is 1.15. The van der Waals surface area contributed by atoms with E-state index in [2.05, 4.69) is 22.6 Å². The number of carbonyl (C=O) groups excluding carboxylic acids is 1. The highest BCUT2D eigenvalue weighted by atomic mass is 127. The summed E-state index contributed by atoms with van der Waals surface area (Å²) in [5.41, 5.74) is 0.986. The van der Waals surface area contributed by atoms with Gasteiger partial charge in [0.25, 0.3) is 0 Å². The lowest BCUT2D eigenvalue weighted by Gasteiger charge is -2.16. The molecular weight excluding hydrogens is 324 g/mol. The first-order valence-electron chi connectivity index (χ1n) is 4.82. The van der Waals surface area contributed by atoms with E-state index in [-0.39, 0.29) is 5.91 Å². The predicted octanol–water partition coefficient (Wildman–Crippen LogP) is 2.88. The molecule has 0 aliphatic carbocycles. The van der Waals surface area contributed by atoms with Crippen molar-refractivity contribution in [1.29, 1.82) is 0 Å². The summed E-state index contributed by atoms with van der Waals surface area (Å²) in [6, 6.07) is 7.98. The lowest BCUT2D eigenvalue weighted by molar-refractivity contribution is -0.117. The number of halogens is 2. The molecule has 0 N–H and O–H groups in total. The van der Waals surface area contributed by atoms with E-state index in [1.165, 1.54) is 0 Å². The molecule has 1 heterocycles. The van der Waals surface area contributed by atoms with Crippen molar-refractivity contribution < 1.29 is 4.79 Å². The van der Waals surface area contributed by atoms with E-state index in [4.69, 9.17) is 11.6 Å². The van der Waals surface area contributed by atoms with E-state index in [0.29, 0.717) is 18.2 Å². The zero-order valence-electron chi connectivity index (χ0n) is 8.12. The van der Waals surface area contributed by atoms with Gasteiger partial charge in [-0.1, -0.05) is 6.07 Å². The number of hydrogen-bond donors (Lipinski definition) is 0. The molecule has 2 nitrogen and oxygen atoms in total. The third-order valence-corrected chi connectivity index (χ3v) is 3.65. The maximum absolute atomic E-state index is 11.7. The first-order valence-corrected chi connectivity index (χ1v) is 6.44. The van der Waals surface area contributed by atoms with Crippen molar-refractivity contribution >= 4 is 45.8 Å². The van der Waals surface area contributed by atoms with Crippen LogP contribution in [0.1, 0.15) is 6.42 Å². The van der Waals surface area contributed by atoms with Gasteiger partial charge < -0.3 is 4.90 Å². The Morgan fingerprint density at radius 1 is 1.53 bits per heavy atom. The van der Waals surface area contributed by atoms with Crippen LogP contribution in [0.4, 0.5) is 5.69 Å². The number of carbonyl (C=O) groups is 1. The molecule has 1 aromatic rings. The van der Waals surface area contributed by atoms with Gasteiger partial charge in [0, 0.05) is 28.1 Å². The normalized spacial score (nSPS) is 21.1. The Bertz CT molecular complexity index is 383. The van der Waals surface area contributed by atoms with Gasteiger partial charge in [0.15, 0.2) is 0 Å². The molecule has 1 atom stereocenters. The second-order valence-corrected chi connectivity index (χ2v) is 5.26. The Morgan fingerprint density at radius 3 is 2.93 bits per heavy atom. The van der Waals surface area contributed by atoms with Gasteiger partial charge in [-0.3, -0.25) is 4.79 Å². The Hall–Kier alpha value is -0.290. The number of amides is 1. The first-order chi connectivity index (χ1) is 7.20. The standard InChI is InChI=1S/C11H11ClINO/c12-6-8-4-11(15)14(7-8)10-3-1-2-9(13)5-10/h1-3,5,8H,4,6-7H2. The minimum atomic E-state index is 0.183. The molecule has 4 heteroatoms. The summed E-state index contributed by atoms with van der Waals surface area (Å²) >= 11 is 8.03. The van der Waals surface area contributed by atoms with E-state index in [9.17, 15) is 4.79 Å². The van der Waals surface area contributed by atoms with Crippen LogP contribution in [0.15, 0.2) is 24.3 Å². The van der Waals surface area contributed by atoms with E-state index >= 15 is 0 Å². The van der Waals surface area contributed by atoms with Crippen molar-refractivity contribution in [2.45, 2.75) is 6.42 Å². The Morgan fingerprint density at radius 2 is 2.33 bits per heavy atom. The fraction of sp³-hybridized carbons (Fsp3) is 0.364. The summed E-state index contributed by atoms with van der Waals surface area (Å²) in [6.07, 6.45) is 0.578. The van der Waals surface area contributed by atoms with E-state index in [0.717, 1.165) is 15.8 Å². The van der Waals surface area contributed by atoms with Gasteiger partial charge in [0.05, 0.1) is 0 Å². The molecule has 1 unspecified atom stereocenters. The van der Waals surface area contributed by atoms with Crippen LogP contribution in [-0.4, -0.2) is 18.3 Å². The molecule has 0 saturated carbocycles. The Labute approximate surface area is 108 Å². The second-order valence-electron chi connectivity index (χ2n) is 3.71. The smallest absolute Gasteiger partial charge is 0.227 e. The van der Waals surface area contributed by atoms with Crippen LogP contribution in [0.25, 0.3) is 0 Å². The molecule has 80 valence electrons. The molecule has 0 aromatic heterocycles. The van der Waals surface area contributed by atoms with E-state index in [1.54, 1.807) is 0 Å². The minimum Gasteiger partial charge on any atom is -0.312 e. The molecule has 1 saturated heterocycles. The third kappa shape index (κ3) is 2.45. The summed E-state index contributed by atoms with van der Waals surface area (Å²) in [5, 5.41) is 0. The molecule has 1 fully saturated rings. The van der Waals surface area contributed by atoms with Gasteiger partial charge in [0.2, 0.25) is 5.91 Å². The fourth-order valence-corrected chi connectivity index (χ4v) is 2.51. The predicted molar refractivity (Wildman–Crippen MR) is 70.3 cm³/mol. The molecule has 0 bridgehead atoms. The van der Waals surface area contributed by atoms with Crippen molar-refractivity contribution in [3.05, 3.63) is 27.8 Å². The summed E-state index contributed by atoms with van der Waals surface area (Å²) in [6.45, 7) is 0.752. The first kappa shape index (κ1) is 11.2. The average molecular weight is 336 g/mol. The Kier molecular flexibility index (Phi) is 3.51. The van der Waals surface area contributed by atoms with Crippen LogP contribution in [0.5, 0.6) is 0 Å². The summed E-state index contributed by atoms with van der Waals surface area (Å²) in [4.78, 5) is 13.5. The number of alkyl halides is 1. The number of rotatable bonds is 2. The van der Waals surface area contributed by atoms with Crippen LogP contribution < -0.4 is 4.90 Å². The lowest BCUT2D eigenvalue weighted by atomic mass is 10.1. The van der Waals surface area contributed by atoms with Gasteiger partial charge in [0.1, 0.15) is 0 Å². The molecule has 1 amide bonds. The molecule has 1 aromatic carbocycles. The highest BCUT2D eigenvalue weighted by Gasteiger charge is 2.29. The maximum atomic E-state index is 11.7. The van der Waals surface area contributed by atoms with Crippen LogP contribution in [0, 0.1) is 9.49 Å². The van der Waals surface area contributed by atoms with Crippen molar-refractivity contribution in [3.63, 3.8) is 0 Å². The molecular formula is C11H11ClINO. The number of benzene rings is 1. The van der Waals surface area contributed by atoms with Gasteiger partial charge >= 0.3 is 0 Å². The van der Waals surface area contributed by atoms with Crippen molar-refractivity contribution in [1.82, 2.24) is 0 Å². The van der Waals surface area contributed by atoms with Gasteiger partial charge in [-0.05, 0) is 46.7 Å². The zero-order chi connectivity index (χ0) is 10.8. The highest BCUT2D eigenvalue weighted by molar-refractivity contribution is 14.1. The topological polar surface area (TPSA) is 20.3 Å². The maximum Gasteiger partial charge on any atom is 0.227 e. The van der Waals surface area contributed by atoms with E-state index in [1.807, 2.05) is 29.2 Å². The molecule has 2 rings (SSSR count). The Balaban J connectivity index is 2.21. The van der Waals surface area contributed by atoms with Crippen molar-refractivity contribution in [2.75, 3.05) is 17.3 Å². The molecule has 1 aliphatic heterocycles. The SMILES string of the molecule is O=C1CC(CCl)CN1c1cccc(I)c1. The van der Waals surface area contributed by atoms with Crippen molar-refractivity contribution in [3.8, 4) is 0 Å². The third-order valence-electron chi connectivity index (χ3n) is 2.54. The lowest BCUT2D eigenvalue weighted by Crippen LogP contribution is -2.24. The van der Waals surface area contributed by atoms with Gasteiger partial charge in [-0.2, -0.15) is 0 Å². The van der Waals surface area contributed by atoms with Crippen LogP contribution in [-0.2, 0) is 4.79 Å². The van der Waals surface area contributed by atoms with Crippen LogP contribution >= 0.6 is 34.2 Å². The van der Waals surface area contributed by atoms with Crippen LogP contribution in [0.3, 0.4) is 0 Å². The molecule has 0 spiro atoms. The molecule has 15 heavy (non-hydrogen) atoms. The van der Waals surface area contributed by atoms with E-state index < -0.39 is 0 Å². The largest absolute Gasteiger partial charge is 0.312 e. The second kappa shape index (κ2) is 4.70. The highest BCUT2D eigenvalue weighted by Crippen LogP contribution is 2.26. The van der Waals surface area contributed by atoms with Gasteiger partial charge in [-0.25, -0.2) is 0 Å². The molecule has 1 aliphatic rings. The quantitative estimate of drug-likeness (QED) is 0.601. The minimum absolute atomic E-state index is 0.183. The number of anilines is 1.